The highest BCUT2D eigenvalue weighted by molar-refractivity contribution is 8.06. The third kappa shape index (κ3) is 5.90. The van der Waals surface area contributed by atoms with Crippen molar-refractivity contribution in [2.45, 2.75) is 75.1 Å². The number of rotatable bonds is 9. The van der Waals surface area contributed by atoms with Crippen LogP contribution in [0.2, 0.25) is 18.1 Å². The Bertz CT molecular complexity index is 1290. The van der Waals surface area contributed by atoms with Crippen LogP contribution in [0.3, 0.4) is 0 Å². The summed E-state index contributed by atoms with van der Waals surface area (Å²) in [4.78, 5) is 39.5. The van der Waals surface area contributed by atoms with Crippen molar-refractivity contribution in [3.63, 3.8) is 0 Å². The molecule has 0 N–H and O–H groups in total. The van der Waals surface area contributed by atoms with Gasteiger partial charge in [0, 0.05) is 24.1 Å². The first-order valence-corrected chi connectivity index (χ1v) is 17.0. The molecule has 4 rings (SSSR count). The third-order valence-electron chi connectivity index (χ3n) is 7.33. The van der Waals surface area contributed by atoms with Gasteiger partial charge < -0.3 is 14.1 Å². The van der Waals surface area contributed by atoms with Crippen molar-refractivity contribution in [2.24, 2.45) is 13.0 Å². The number of nitrogens with zero attached hydrogens (tertiary/aromatic N) is 6. The Kier molecular flexibility index (Phi) is 8.26. The monoisotopic (exact) mass is 592 g/mol. The number of benzene rings is 1. The first-order chi connectivity index (χ1) is 18.2. The van der Waals surface area contributed by atoms with Crippen LogP contribution in [0.4, 0.5) is 5.69 Å². The summed E-state index contributed by atoms with van der Waals surface area (Å²) in [5, 5.41) is 24.4. The number of β-lactam (4-membered cyclic amide) rings is 1. The summed E-state index contributed by atoms with van der Waals surface area (Å²) >= 11 is 2.71. The molecule has 2 aromatic rings. The first-order valence-electron chi connectivity index (χ1n) is 12.4. The van der Waals surface area contributed by atoms with Gasteiger partial charge in [0.25, 0.3) is 5.69 Å². The van der Waals surface area contributed by atoms with E-state index < -0.39 is 25.3 Å². The number of tetrazole rings is 1. The van der Waals surface area contributed by atoms with Crippen LogP contribution in [-0.2, 0) is 32.4 Å². The number of nitro benzene ring substituents is 1. The van der Waals surface area contributed by atoms with E-state index in [1.54, 1.807) is 17.4 Å². The smallest absolute Gasteiger partial charge is 0.334 e. The molecule has 2 aliphatic heterocycles. The maximum Gasteiger partial charge on any atom is 0.334 e. The number of amides is 1. The number of hydrogen-bond acceptors (Lipinski definition) is 11. The van der Waals surface area contributed by atoms with E-state index in [1.807, 2.05) is 6.92 Å². The Balaban J connectivity index is 1.53. The predicted octanol–water partition coefficient (Wildman–Crippen LogP) is 4.11. The molecule has 0 bridgehead atoms. The van der Waals surface area contributed by atoms with Gasteiger partial charge in [0.05, 0.1) is 22.3 Å². The van der Waals surface area contributed by atoms with Crippen molar-refractivity contribution in [3.05, 3.63) is 50.3 Å². The number of aryl methyl sites for hydroxylation is 1. The molecule has 210 valence electrons. The summed E-state index contributed by atoms with van der Waals surface area (Å²) in [5.41, 5.74) is 0.553. The Labute approximate surface area is 236 Å². The van der Waals surface area contributed by atoms with E-state index in [0.717, 1.165) is 0 Å². The average Bonchev–Trinajstić information content (AvgIpc) is 3.40. The molecule has 12 nitrogen and oxygen atoms in total. The summed E-state index contributed by atoms with van der Waals surface area (Å²) in [5.74, 6) is -1.11. The normalized spacial score (nSPS) is 22.9. The van der Waals surface area contributed by atoms with Crippen LogP contribution in [0, 0.1) is 16.0 Å². The second-order valence-electron chi connectivity index (χ2n) is 11.0. The van der Waals surface area contributed by atoms with E-state index in [0.29, 0.717) is 15.6 Å². The molecule has 15 heteroatoms. The van der Waals surface area contributed by atoms with E-state index in [1.165, 1.54) is 52.5 Å². The second-order valence-corrected chi connectivity index (χ2v) is 17.8. The summed E-state index contributed by atoms with van der Waals surface area (Å²) in [6.45, 7) is 12.6. The summed E-state index contributed by atoms with van der Waals surface area (Å²) < 4.78 is 13.6. The lowest BCUT2D eigenvalue weighted by atomic mass is 9.91. The summed E-state index contributed by atoms with van der Waals surface area (Å²) in [7, 11) is -0.406. The first kappa shape index (κ1) is 29.2. The summed E-state index contributed by atoms with van der Waals surface area (Å²) in [6, 6.07) is 4.88. The zero-order valence-corrected chi connectivity index (χ0v) is 25.5. The topological polar surface area (TPSA) is 143 Å². The Morgan fingerprint density at radius 2 is 1.97 bits per heavy atom. The molecule has 0 saturated carbocycles. The quantitative estimate of drug-likeness (QED) is 0.104. The molecule has 1 unspecified atom stereocenters. The number of aromatic nitrogens is 4. The maximum absolute atomic E-state index is 13.4. The zero-order valence-electron chi connectivity index (χ0n) is 22.9. The number of carbonyl (C=O) groups excluding carboxylic acids is 2. The fraction of sp³-hybridized carbons (Fsp3) is 0.542. The molecule has 2 saturated heterocycles. The van der Waals surface area contributed by atoms with Gasteiger partial charge >= 0.3 is 5.97 Å². The lowest BCUT2D eigenvalue weighted by molar-refractivity contribution is -0.384. The third-order valence-corrected chi connectivity index (χ3v) is 14.4. The highest BCUT2D eigenvalue weighted by Crippen LogP contribution is 2.53. The number of non-ortho nitro benzene ring substituents is 1. The number of nitro groups is 1. The number of esters is 1. The molecule has 39 heavy (non-hydrogen) atoms. The van der Waals surface area contributed by atoms with E-state index >= 15 is 0 Å². The van der Waals surface area contributed by atoms with Gasteiger partial charge in [0.2, 0.25) is 11.1 Å². The van der Waals surface area contributed by atoms with Crippen LogP contribution in [0.5, 0.6) is 0 Å². The molecule has 1 aromatic carbocycles. The molecule has 0 aliphatic carbocycles. The van der Waals surface area contributed by atoms with E-state index in [2.05, 4.69) is 49.4 Å². The molecule has 4 atom stereocenters. The summed E-state index contributed by atoms with van der Waals surface area (Å²) in [6.07, 6.45) is -0.307. The molecular weight excluding hydrogens is 561 g/mol. The van der Waals surface area contributed by atoms with Gasteiger partial charge in [-0.25, -0.2) is 9.48 Å². The van der Waals surface area contributed by atoms with Gasteiger partial charge in [-0.15, -0.1) is 16.9 Å². The fourth-order valence-corrected chi connectivity index (χ4v) is 7.96. The molecular formula is C24H32N6O6S2Si. The minimum absolute atomic E-state index is 0.00733. The Hall–Kier alpha value is -2.75. The molecule has 2 fully saturated rings. The Morgan fingerprint density at radius 1 is 1.31 bits per heavy atom. The number of fused-ring (bicyclic) bond motifs is 1. The van der Waals surface area contributed by atoms with Crippen LogP contribution in [0.15, 0.2) is 39.7 Å². The maximum atomic E-state index is 13.4. The molecule has 1 amide bonds. The second kappa shape index (κ2) is 11.0. The standard InChI is InChI=1S/C24H32N6O6S2Si/c1-14(36-39(6,7)24(2,3)4)18-20(31)29-19(17(38-21(18)29)13-37-23-25-26-27-28(23)5)22(32)35-12-15-8-10-16(11-9-15)30(33)34/h8-11,13-14,18-19,21H,12H2,1-7H3/t14-,18+,19?,21+/m0/s1. The number of carbonyl (C=O) groups is 2. The molecule has 1 aromatic heterocycles. The van der Waals surface area contributed by atoms with Crippen molar-refractivity contribution < 1.29 is 23.7 Å². The van der Waals surface area contributed by atoms with Gasteiger partial charge in [0.1, 0.15) is 6.61 Å². The fourth-order valence-electron chi connectivity index (χ4n) is 4.10. The SMILES string of the molecule is C[C@H](O[Si](C)(C)C(C)(C)C)[C@@H]1C(=O)N2C(C(=O)OCc3ccc([N+](=O)[O-])cc3)C(=CSc3nnnn3C)S[C@H]12. The average molecular weight is 593 g/mol. The highest BCUT2D eigenvalue weighted by atomic mass is 32.2. The van der Waals surface area contributed by atoms with E-state index in [4.69, 9.17) is 9.16 Å². The van der Waals surface area contributed by atoms with E-state index in [9.17, 15) is 19.7 Å². The van der Waals surface area contributed by atoms with Crippen LogP contribution in [-0.4, -0.2) is 67.7 Å². The van der Waals surface area contributed by atoms with Crippen LogP contribution >= 0.6 is 23.5 Å². The van der Waals surface area contributed by atoms with Crippen molar-refractivity contribution in [1.29, 1.82) is 0 Å². The Morgan fingerprint density at radius 3 is 2.54 bits per heavy atom. The van der Waals surface area contributed by atoms with Crippen molar-refractivity contribution in [3.8, 4) is 0 Å². The van der Waals surface area contributed by atoms with Gasteiger partial charge in [-0.05, 0) is 58.6 Å². The zero-order chi connectivity index (χ0) is 28.7. The molecule has 0 radical (unpaired) electrons. The minimum Gasteiger partial charge on any atom is -0.459 e. The number of hydrogen-bond donors (Lipinski definition) is 0. The van der Waals surface area contributed by atoms with Crippen LogP contribution in [0.1, 0.15) is 33.3 Å². The lowest BCUT2D eigenvalue weighted by Gasteiger charge is -2.48. The van der Waals surface area contributed by atoms with Gasteiger partial charge in [-0.2, -0.15) is 0 Å². The minimum atomic E-state index is -2.12. The molecule has 3 heterocycles. The number of thioether (sulfide) groups is 2. The van der Waals surface area contributed by atoms with Crippen LogP contribution < -0.4 is 0 Å². The van der Waals surface area contributed by atoms with Gasteiger partial charge in [-0.3, -0.25) is 14.9 Å². The number of ether oxygens (including phenoxy) is 1. The molecule has 0 spiro atoms. The van der Waals surface area contributed by atoms with Crippen molar-refractivity contribution >= 4 is 49.4 Å². The predicted molar refractivity (Wildman–Crippen MR) is 149 cm³/mol. The molecule has 2 aliphatic rings. The largest absolute Gasteiger partial charge is 0.459 e. The van der Waals surface area contributed by atoms with E-state index in [-0.39, 0.29) is 40.6 Å². The highest BCUT2D eigenvalue weighted by Gasteiger charge is 2.61. The van der Waals surface area contributed by atoms with Gasteiger partial charge in [-0.1, -0.05) is 32.5 Å². The van der Waals surface area contributed by atoms with Gasteiger partial charge in [0.15, 0.2) is 14.4 Å². The van der Waals surface area contributed by atoms with Crippen molar-refractivity contribution in [2.75, 3.05) is 0 Å². The van der Waals surface area contributed by atoms with Crippen LogP contribution in [0.25, 0.3) is 0 Å². The van der Waals surface area contributed by atoms with Crippen molar-refractivity contribution in [1.82, 2.24) is 25.1 Å². The lowest BCUT2D eigenvalue weighted by Crippen LogP contribution is -2.65.